The number of aryl methyl sites for hydroxylation is 1. The number of methoxy groups -OCH3 is 1. The molecule has 0 aliphatic carbocycles. The first-order valence-corrected chi connectivity index (χ1v) is 13.2. The number of benzene rings is 2. The molecule has 1 amide bonds. The van der Waals surface area contributed by atoms with Crippen molar-refractivity contribution < 1.29 is 19.0 Å². The van der Waals surface area contributed by atoms with Gasteiger partial charge < -0.3 is 14.2 Å². The van der Waals surface area contributed by atoms with Crippen molar-refractivity contribution in [2.75, 3.05) is 25.6 Å². The molecule has 0 atom stereocenters. The highest BCUT2D eigenvalue weighted by molar-refractivity contribution is 7.16. The largest absolute Gasteiger partial charge is 0.494 e. The number of hydrogen-bond acceptors (Lipinski definition) is 7. The molecule has 7 nitrogen and oxygen atoms in total. The Bertz CT molecular complexity index is 1260. The van der Waals surface area contributed by atoms with Crippen molar-refractivity contribution in [3.05, 3.63) is 58.5 Å². The predicted molar refractivity (Wildman–Crippen MR) is 148 cm³/mol. The summed E-state index contributed by atoms with van der Waals surface area (Å²) in [5.74, 6) is 1.46. The van der Waals surface area contributed by atoms with Gasteiger partial charge in [-0.15, -0.1) is 11.3 Å². The molecule has 0 unspecified atom stereocenters. The standard InChI is InChI=1S/C29H33N3O4S/c1-5-7-8-9-16-36-25-15-10-21(18-26(25)34-4)17-23(19-30)28(33)32-29-31-27(20(3)37-29)22-11-13-24(14-12-22)35-6-2/h10-15,17-18H,5-9,16H2,1-4H3,(H,31,32,33)/b23-17+. The Hall–Kier alpha value is -3.83. The fourth-order valence-electron chi connectivity index (χ4n) is 3.68. The minimum atomic E-state index is -0.523. The quantitative estimate of drug-likeness (QED) is 0.148. The Kier molecular flexibility index (Phi) is 10.5. The number of carbonyl (C=O) groups excluding carboxylic acids is 1. The number of hydrogen-bond donors (Lipinski definition) is 1. The highest BCUT2D eigenvalue weighted by Gasteiger charge is 2.16. The Labute approximate surface area is 222 Å². The number of amides is 1. The van der Waals surface area contributed by atoms with Crippen LogP contribution in [0.3, 0.4) is 0 Å². The summed E-state index contributed by atoms with van der Waals surface area (Å²) >= 11 is 1.36. The van der Waals surface area contributed by atoms with Crippen LogP contribution in [0.2, 0.25) is 0 Å². The maximum Gasteiger partial charge on any atom is 0.268 e. The zero-order valence-electron chi connectivity index (χ0n) is 21.8. The molecule has 1 aromatic heterocycles. The third-order valence-electron chi connectivity index (χ3n) is 5.58. The zero-order valence-corrected chi connectivity index (χ0v) is 22.6. The summed E-state index contributed by atoms with van der Waals surface area (Å²) in [4.78, 5) is 18.4. The fourth-order valence-corrected chi connectivity index (χ4v) is 4.51. The molecule has 1 N–H and O–H groups in total. The summed E-state index contributed by atoms with van der Waals surface area (Å²) in [6, 6.07) is 15.0. The third-order valence-corrected chi connectivity index (χ3v) is 6.46. The molecule has 3 rings (SSSR count). The number of ether oxygens (including phenoxy) is 3. The van der Waals surface area contributed by atoms with Gasteiger partial charge in [-0.2, -0.15) is 5.26 Å². The van der Waals surface area contributed by atoms with E-state index >= 15 is 0 Å². The molecule has 0 spiro atoms. The van der Waals surface area contributed by atoms with Gasteiger partial charge in [0.25, 0.3) is 5.91 Å². The molecule has 3 aromatic rings. The number of nitrogens with zero attached hydrogens (tertiary/aromatic N) is 2. The lowest BCUT2D eigenvalue weighted by Gasteiger charge is -2.11. The highest BCUT2D eigenvalue weighted by Crippen LogP contribution is 2.32. The third kappa shape index (κ3) is 7.83. The first-order valence-electron chi connectivity index (χ1n) is 12.4. The van der Waals surface area contributed by atoms with Crippen LogP contribution in [0.15, 0.2) is 48.0 Å². The van der Waals surface area contributed by atoms with E-state index in [9.17, 15) is 10.1 Å². The molecular formula is C29H33N3O4S. The van der Waals surface area contributed by atoms with E-state index in [0.29, 0.717) is 35.4 Å². The van der Waals surface area contributed by atoms with E-state index in [1.807, 2.05) is 44.2 Å². The zero-order chi connectivity index (χ0) is 26.6. The van der Waals surface area contributed by atoms with E-state index in [4.69, 9.17) is 14.2 Å². The molecule has 0 fully saturated rings. The van der Waals surface area contributed by atoms with Gasteiger partial charge in [0.15, 0.2) is 16.6 Å². The molecule has 8 heteroatoms. The minimum absolute atomic E-state index is 0.0363. The monoisotopic (exact) mass is 519 g/mol. The van der Waals surface area contributed by atoms with Crippen LogP contribution in [0.5, 0.6) is 17.2 Å². The number of thiazole rings is 1. The maximum absolute atomic E-state index is 12.9. The predicted octanol–water partition coefficient (Wildman–Crippen LogP) is 7.03. The van der Waals surface area contributed by atoms with Gasteiger partial charge >= 0.3 is 0 Å². The van der Waals surface area contributed by atoms with Gasteiger partial charge in [-0.05, 0) is 68.3 Å². The van der Waals surface area contributed by atoms with Crippen molar-refractivity contribution in [3.63, 3.8) is 0 Å². The summed E-state index contributed by atoms with van der Waals surface area (Å²) in [6.45, 7) is 7.27. The average molecular weight is 520 g/mol. The summed E-state index contributed by atoms with van der Waals surface area (Å²) in [6.07, 6.45) is 5.99. The second-order valence-corrected chi connectivity index (χ2v) is 9.53. The van der Waals surface area contributed by atoms with Crippen molar-refractivity contribution in [1.29, 1.82) is 5.26 Å². The lowest BCUT2D eigenvalue weighted by Crippen LogP contribution is -2.13. The number of nitriles is 1. The maximum atomic E-state index is 12.9. The van der Waals surface area contributed by atoms with Gasteiger partial charge in [0, 0.05) is 10.4 Å². The van der Waals surface area contributed by atoms with Gasteiger partial charge in [0.2, 0.25) is 0 Å². The number of unbranched alkanes of at least 4 members (excludes halogenated alkanes) is 3. The SMILES string of the molecule is CCCCCCOc1ccc(/C=C(\C#N)C(=O)Nc2nc(-c3ccc(OCC)cc3)c(C)s2)cc1OC. The molecule has 0 saturated heterocycles. The molecule has 0 saturated carbocycles. The van der Waals surface area contributed by atoms with Gasteiger partial charge in [-0.3, -0.25) is 10.1 Å². The second-order valence-electron chi connectivity index (χ2n) is 8.32. The number of carbonyl (C=O) groups is 1. The van der Waals surface area contributed by atoms with Crippen LogP contribution in [0, 0.1) is 18.3 Å². The number of aromatic nitrogens is 1. The average Bonchev–Trinajstić information content (AvgIpc) is 3.27. The molecule has 37 heavy (non-hydrogen) atoms. The van der Waals surface area contributed by atoms with Crippen LogP contribution in [0.25, 0.3) is 17.3 Å². The van der Waals surface area contributed by atoms with Crippen molar-refractivity contribution in [2.24, 2.45) is 0 Å². The van der Waals surface area contributed by atoms with Crippen molar-refractivity contribution in [1.82, 2.24) is 4.98 Å². The topological polar surface area (TPSA) is 93.5 Å². The summed E-state index contributed by atoms with van der Waals surface area (Å²) < 4.78 is 16.8. The Morgan fingerprint density at radius 1 is 1.08 bits per heavy atom. The Morgan fingerprint density at radius 3 is 2.54 bits per heavy atom. The van der Waals surface area contributed by atoms with Crippen molar-refractivity contribution in [3.8, 4) is 34.6 Å². The summed E-state index contributed by atoms with van der Waals surface area (Å²) in [5, 5.41) is 12.8. The molecule has 0 aliphatic rings. The summed E-state index contributed by atoms with van der Waals surface area (Å²) in [7, 11) is 1.57. The number of nitrogens with one attached hydrogen (secondary N) is 1. The molecule has 0 bridgehead atoms. The smallest absolute Gasteiger partial charge is 0.268 e. The van der Waals surface area contributed by atoms with Gasteiger partial charge in [0.05, 0.1) is 26.0 Å². The van der Waals surface area contributed by atoms with Crippen LogP contribution in [-0.4, -0.2) is 31.2 Å². The van der Waals surface area contributed by atoms with E-state index in [0.717, 1.165) is 34.7 Å². The van der Waals surface area contributed by atoms with Gasteiger partial charge in [-0.25, -0.2) is 4.98 Å². The number of anilines is 1. The van der Waals surface area contributed by atoms with E-state index in [1.54, 1.807) is 25.3 Å². The van der Waals surface area contributed by atoms with Crippen LogP contribution in [-0.2, 0) is 4.79 Å². The van der Waals surface area contributed by atoms with Crippen molar-refractivity contribution >= 4 is 28.5 Å². The first kappa shape index (κ1) is 27.8. The Balaban J connectivity index is 1.70. The molecule has 0 radical (unpaired) electrons. The van der Waals surface area contributed by atoms with Crippen molar-refractivity contribution in [2.45, 2.75) is 46.5 Å². The van der Waals surface area contributed by atoms with E-state index in [1.165, 1.54) is 30.3 Å². The molecular weight excluding hydrogens is 486 g/mol. The van der Waals surface area contributed by atoms with Crippen LogP contribution < -0.4 is 19.5 Å². The normalized spacial score (nSPS) is 11.1. The molecule has 0 aliphatic heterocycles. The second kappa shape index (κ2) is 14.0. The van der Waals surface area contributed by atoms with E-state index in [-0.39, 0.29) is 5.57 Å². The van der Waals surface area contributed by atoms with Crippen LogP contribution in [0.1, 0.15) is 50.0 Å². The van der Waals surface area contributed by atoms with E-state index in [2.05, 4.69) is 17.2 Å². The molecule has 1 heterocycles. The molecule has 2 aromatic carbocycles. The van der Waals surface area contributed by atoms with Crippen LogP contribution in [0.4, 0.5) is 5.13 Å². The van der Waals surface area contributed by atoms with Gasteiger partial charge in [-0.1, -0.05) is 32.3 Å². The first-order chi connectivity index (χ1) is 18.0. The number of rotatable bonds is 13. The fraction of sp³-hybridized carbons (Fsp3) is 0.345. The van der Waals surface area contributed by atoms with Gasteiger partial charge in [0.1, 0.15) is 17.4 Å². The lowest BCUT2D eigenvalue weighted by atomic mass is 10.1. The molecule has 194 valence electrons. The van der Waals surface area contributed by atoms with Crippen LogP contribution >= 0.6 is 11.3 Å². The summed E-state index contributed by atoms with van der Waals surface area (Å²) in [5.41, 5.74) is 2.33. The minimum Gasteiger partial charge on any atom is -0.494 e. The highest BCUT2D eigenvalue weighted by atomic mass is 32.1. The Morgan fingerprint density at radius 2 is 1.86 bits per heavy atom. The van der Waals surface area contributed by atoms with E-state index < -0.39 is 5.91 Å². The lowest BCUT2D eigenvalue weighted by molar-refractivity contribution is -0.112.